The van der Waals surface area contributed by atoms with Crippen molar-refractivity contribution in [3.8, 4) is 5.75 Å². The van der Waals surface area contributed by atoms with Gasteiger partial charge in [-0.1, -0.05) is 57.2 Å². The molecule has 170 valence electrons. The predicted molar refractivity (Wildman–Crippen MR) is 123 cm³/mol. The maximum absolute atomic E-state index is 13.3. The van der Waals surface area contributed by atoms with Gasteiger partial charge in [-0.05, 0) is 41.2 Å². The van der Waals surface area contributed by atoms with E-state index in [0.29, 0.717) is 11.3 Å². The van der Waals surface area contributed by atoms with Crippen LogP contribution in [-0.2, 0) is 26.2 Å². The largest absolute Gasteiger partial charge is 0.497 e. The SMILES string of the molecule is COc1ccc(C(NC(=O)C2(C)CNC(=O)C2)C(=O)Cc2ccc(C(C)(C)C)cc2)cc1. The highest BCUT2D eigenvalue weighted by Crippen LogP contribution is 2.28. The Morgan fingerprint density at radius 3 is 2.22 bits per heavy atom. The zero-order chi connectivity index (χ0) is 23.5. The van der Waals surface area contributed by atoms with Crippen molar-refractivity contribution in [3.05, 3.63) is 65.2 Å². The maximum Gasteiger partial charge on any atom is 0.229 e. The van der Waals surface area contributed by atoms with Crippen LogP contribution in [0, 0.1) is 5.41 Å². The van der Waals surface area contributed by atoms with Crippen molar-refractivity contribution in [1.29, 1.82) is 0 Å². The van der Waals surface area contributed by atoms with Crippen LogP contribution in [-0.4, -0.2) is 31.3 Å². The van der Waals surface area contributed by atoms with Crippen molar-refractivity contribution in [1.82, 2.24) is 10.6 Å². The first kappa shape index (κ1) is 23.5. The van der Waals surface area contributed by atoms with E-state index in [4.69, 9.17) is 4.74 Å². The highest BCUT2D eigenvalue weighted by Gasteiger charge is 2.42. The van der Waals surface area contributed by atoms with E-state index < -0.39 is 11.5 Å². The number of ether oxygens (including phenoxy) is 1. The molecule has 1 fully saturated rings. The van der Waals surface area contributed by atoms with Crippen LogP contribution in [0.4, 0.5) is 0 Å². The molecule has 3 rings (SSSR count). The summed E-state index contributed by atoms with van der Waals surface area (Å²) in [6.07, 6.45) is 0.298. The summed E-state index contributed by atoms with van der Waals surface area (Å²) in [6.45, 7) is 8.43. The Morgan fingerprint density at radius 1 is 1.09 bits per heavy atom. The van der Waals surface area contributed by atoms with E-state index in [-0.39, 0.29) is 42.4 Å². The zero-order valence-electron chi connectivity index (χ0n) is 19.5. The first-order valence-electron chi connectivity index (χ1n) is 10.9. The van der Waals surface area contributed by atoms with Crippen LogP contribution in [0.3, 0.4) is 0 Å². The van der Waals surface area contributed by atoms with Crippen molar-refractivity contribution in [3.63, 3.8) is 0 Å². The van der Waals surface area contributed by atoms with Crippen LogP contribution in [0.1, 0.15) is 56.8 Å². The molecule has 0 spiro atoms. The van der Waals surface area contributed by atoms with Crippen LogP contribution in [0.5, 0.6) is 5.75 Å². The fourth-order valence-corrected chi connectivity index (χ4v) is 3.81. The molecular formula is C26H32N2O4. The van der Waals surface area contributed by atoms with E-state index in [9.17, 15) is 14.4 Å². The number of hydrogen-bond acceptors (Lipinski definition) is 4. The molecule has 6 heteroatoms. The number of rotatable bonds is 7. The minimum absolute atomic E-state index is 0.0321. The Balaban J connectivity index is 1.83. The molecule has 1 heterocycles. The van der Waals surface area contributed by atoms with Crippen molar-refractivity contribution < 1.29 is 19.1 Å². The number of Topliss-reactive ketones (excluding diaryl/α,β-unsaturated/α-hetero) is 1. The molecule has 0 bridgehead atoms. The lowest BCUT2D eigenvalue weighted by Crippen LogP contribution is -2.44. The van der Waals surface area contributed by atoms with Crippen molar-refractivity contribution in [2.45, 2.75) is 52.0 Å². The van der Waals surface area contributed by atoms with Crippen LogP contribution in [0.25, 0.3) is 0 Å². The molecular weight excluding hydrogens is 404 g/mol. The number of carbonyl (C=O) groups is 3. The number of hydrogen-bond donors (Lipinski definition) is 2. The minimum atomic E-state index is -0.879. The third kappa shape index (κ3) is 5.36. The molecule has 6 nitrogen and oxygen atoms in total. The normalized spacial score (nSPS) is 19.2. The Kier molecular flexibility index (Phi) is 6.72. The molecule has 2 unspecified atom stereocenters. The van der Waals surface area contributed by atoms with E-state index in [1.54, 1.807) is 38.3 Å². The second-order valence-electron chi connectivity index (χ2n) is 9.78. The predicted octanol–water partition coefficient (Wildman–Crippen LogP) is 3.49. The van der Waals surface area contributed by atoms with E-state index in [2.05, 4.69) is 31.4 Å². The summed E-state index contributed by atoms with van der Waals surface area (Å²) in [5.41, 5.74) is 1.91. The average molecular weight is 437 g/mol. The number of nitrogens with one attached hydrogen (secondary N) is 2. The second-order valence-corrected chi connectivity index (χ2v) is 9.78. The quantitative estimate of drug-likeness (QED) is 0.696. The molecule has 1 saturated heterocycles. The third-order valence-corrected chi connectivity index (χ3v) is 6.02. The van der Waals surface area contributed by atoms with Gasteiger partial charge in [0.05, 0.1) is 12.5 Å². The minimum Gasteiger partial charge on any atom is -0.497 e. The van der Waals surface area contributed by atoms with E-state index in [1.165, 1.54) is 5.56 Å². The zero-order valence-corrected chi connectivity index (χ0v) is 19.5. The Bertz CT molecular complexity index is 990. The van der Waals surface area contributed by atoms with E-state index in [0.717, 1.165) is 5.56 Å². The maximum atomic E-state index is 13.3. The molecule has 0 radical (unpaired) electrons. The monoisotopic (exact) mass is 436 g/mol. The number of amides is 2. The number of carbonyl (C=O) groups excluding carboxylic acids is 3. The van der Waals surface area contributed by atoms with Gasteiger partial charge in [-0.2, -0.15) is 0 Å². The number of benzene rings is 2. The Hall–Kier alpha value is -3.15. The summed E-state index contributed by atoms with van der Waals surface area (Å²) < 4.78 is 5.22. The van der Waals surface area contributed by atoms with Gasteiger partial charge >= 0.3 is 0 Å². The fraction of sp³-hybridized carbons (Fsp3) is 0.423. The first-order chi connectivity index (χ1) is 15.0. The Morgan fingerprint density at radius 2 is 1.72 bits per heavy atom. The molecule has 2 aromatic carbocycles. The van der Waals surface area contributed by atoms with Gasteiger partial charge in [-0.3, -0.25) is 14.4 Å². The van der Waals surface area contributed by atoms with E-state index in [1.807, 2.05) is 24.3 Å². The van der Waals surface area contributed by atoms with Crippen LogP contribution >= 0.6 is 0 Å². The molecule has 2 amide bonds. The second kappa shape index (κ2) is 9.15. The summed E-state index contributed by atoms with van der Waals surface area (Å²) in [7, 11) is 1.58. The molecule has 0 aliphatic carbocycles. The van der Waals surface area contributed by atoms with Gasteiger partial charge in [0.2, 0.25) is 11.8 Å². The molecule has 2 atom stereocenters. The fourth-order valence-electron chi connectivity index (χ4n) is 3.81. The average Bonchev–Trinajstić information content (AvgIpc) is 3.11. The lowest BCUT2D eigenvalue weighted by Gasteiger charge is -2.25. The smallest absolute Gasteiger partial charge is 0.229 e. The standard InChI is InChI=1S/C26H32N2O4/c1-25(2,3)19-10-6-17(7-11-19)14-21(29)23(18-8-12-20(32-5)13-9-18)28-24(31)26(4)15-22(30)27-16-26/h6-13,23H,14-16H2,1-5H3,(H,27,30)(H,28,31). The van der Waals surface area contributed by atoms with Crippen LogP contribution in [0.2, 0.25) is 0 Å². The molecule has 0 aromatic heterocycles. The van der Waals surface area contributed by atoms with E-state index >= 15 is 0 Å². The van der Waals surface area contributed by atoms with Gasteiger partial charge in [-0.15, -0.1) is 0 Å². The van der Waals surface area contributed by atoms with Gasteiger partial charge in [-0.25, -0.2) is 0 Å². The number of ketones is 1. The van der Waals surface area contributed by atoms with Crippen molar-refractivity contribution >= 4 is 17.6 Å². The molecule has 0 saturated carbocycles. The summed E-state index contributed by atoms with van der Waals surface area (Å²) in [5.74, 6) is 0.0801. The van der Waals surface area contributed by atoms with Crippen molar-refractivity contribution in [2.24, 2.45) is 5.41 Å². The van der Waals surface area contributed by atoms with Crippen LogP contribution < -0.4 is 15.4 Å². The van der Waals surface area contributed by atoms with Crippen LogP contribution in [0.15, 0.2) is 48.5 Å². The summed E-state index contributed by atoms with van der Waals surface area (Å²) in [6, 6.07) is 14.3. The lowest BCUT2D eigenvalue weighted by atomic mass is 9.86. The highest BCUT2D eigenvalue weighted by atomic mass is 16.5. The summed E-state index contributed by atoms with van der Waals surface area (Å²) in [4.78, 5) is 38.1. The lowest BCUT2D eigenvalue weighted by molar-refractivity contribution is -0.134. The first-order valence-corrected chi connectivity index (χ1v) is 10.9. The van der Waals surface area contributed by atoms with Gasteiger partial charge in [0, 0.05) is 19.4 Å². The van der Waals surface area contributed by atoms with Crippen molar-refractivity contribution in [2.75, 3.05) is 13.7 Å². The summed E-state index contributed by atoms with van der Waals surface area (Å²) in [5, 5.41) is 5.61. The molecule has 1 aliphatic rings. The van der Waals surface area contributed by atoms with Gasteiger partial charge in [0.1, 0.15) is 11.8 Å². The van der Waals surface area contributed by atoms with Gasteiger partial charge in [0.25, 0.3) is 0 Å². The summed E-state index contributed by atoms with van der Waals surface area (Å²) >= 11 is 0. The third-order valence-electron chi connectivity index (χ3n) is 6.02. The molecule has 1 aliphatic heterocycles. The Labute approximate surface area is 189 Å². The van der Waals surface area contributed by atoms with Gasteiger partial charge < -0.3 is 15.4 Å². The van der Waals surface area contributed by atoms with Gasteiger partial charge in [0.15, 0.2) is 5.78 Å². The molecule has 2 N–H and O–H groups in total. The number of methoxy groups -OCH3 is 1. The molecule has 32 heavy (non-hydrogen) atoms. The highest BCUT2D eigenvalue weighted by molar-refractivity contribution is 5.96. The topological polar surface area (TPSA) is 84.5 Å². The molecule has 2 aromatic rings.